The van der Waals surface area contributed by atoms with E-state index in [0.717, 1.165) is 28.7 Å². The van der Waals surface area contributed by atoms with Gasteiger partial charge < -0.3 is 14.5 Å². The van der Waals surface area contributed by atoms with Crippen LogP contribution in [0, 0.1) is 0 Å². The summed E-state index contributed by atoms with van der Waals surface area (Å²) in [6, 6.07) is 0. The van der Waals surface area contributed by atoms with Crippen LogP contribution in [0.2, 0.25) is 5.28 Å². The monoisotopic (exact) mass is 418 g/mol. The standard InChI is InChI=1S/C14H19ClN6O3S2/c1-26(22,23)21-4-2-20(3-5-21)14-17-11-10(25-14)12(18-13(15)16-11)19-6-8-24-9-7-19/h2-9H2,1H3. The first-order valence-corrected chi connectivity index (χ1v) is 11.3. The Hall–Kier alpha value is -1.27. The second-order valence-electron chi connectivity index (χ2n) is 6.21. The fourth-order valence-corrected chi connectivity index (χ4v) is 5.17. The average molecular weight is 419 g/mol. The van der Waals surface area contributed by atoms with Crippen molar-refractivity contribution >= 4 is 54.3 Å². The number of sulfonamides is 1. The molecule has 0 radical (unpaired) electrons. The van der Waals surface area contributed by atoms with Gasteiger partial charge >= 0.3 is 0 Å². The molecule has 0 unspecified atom stereocenters. The Morgan fingerprint density at radius 2 is 1.69 bits per heavy atom. The van der Waals surface area contributed by atoms with E-state index in [-0.39, 0.29) is 5.28 Å². The van der Waals surface area contributed by atoms with Crippen molar-refractivity contribution in [3.05, 3.63) is 5.28 Å². The Balaban J connectivity index is 1.62. The first-order valence-electron chi connectivity index (χ1n) is 8.28. The lowest BCUT2D eigenvalue weighted by Crippen LogP contribution is -2.48. The van der Waals surface area contributed by atoms with Crippen LogP contribution in [0.4, 0.5) is 10.9 Å². The van der Waals surface area contributed by atoms with Crippen LogP contribution < -0.4 is 9.80 Å². The predicted molar refractivity (Wildman–Crippen MR) is 102 cm³/mol. The van der Waals surface area contributed by atoms with Crippen molar-refractivity contribution in [2.75, 3.05) is 68.5 Å². The second-order valence-corrected chi connectivity index (χ2v) is 9.51. The molecule has 26 heavy (non-hydrogen) atoms. The van der Waals surface area contributed by atoms with Crippen LogP contribution in [-0.2, 0) is 14.8 Å². The van der Waals surface area contributed by atoms with Gasteiger partial charge in [-0.05, 0) is 11.6 Å². The van der Waals surface area contributed by atoms with Crippen LogP contribution in [0.1, 0.15) is 0 Å². The Kier molecular flexibility index (Phi) is 4.90. The van der Waals surface area contributed by atoms with Crippen molar-refractivity contribution < 1.29 is 13.2 Å². The van der Waals surface area contributed by atoms with E-state index in [9.17, 15) is 8.42 Å². The normalized spacial score (nSPS) is 20.1. The number of halogens is 1. The summed E-state index contributed by atoms with van der Waals surface area (Å²) in [5, 5.41) is 0.997. The third kappa shape index (κ3) is 3.58. The SMILES string of the molecule is CS(=O)(=O)N1CCN(c2nc3nc(Cl)nc(N4CCOCC4)c3s2)CC1. The number of aromatic nitrogens is 3. The van der Waals surface area contributed by atoms with Gasteiger partial charge in [0.05, 0.1) is 19.5 Å². The number of hydrogen-bond acceptors (Lipinski definition) is 9. The highest BCUT2D eigenvalue weighted by Gasteiger charge is 2.26. The summed E-state index contributed by atoms with van der Waals surface area (Å²) < 4.78 is 31.1. The Morgan fingerprint density at radius 1 is 1.00 bits per heavy atom. The van der Waals surface area contributed by atoms with Gasteiger partial charge in [0, 0.05) is 39.3 Å². The van der Waals surface area contributed by atoms with Crippen molar-refractivity contribution in [1.29, 1.82) is 0 Å². The summed E-state index contributed by atoms with van der Waals surface area (Å²) in [5.41, 5.74) is 0.581. The molecular formula is C14H19ClN6O3S2. The zero-order valence-electron chi connectivity index (χ0n) is 14.3. The van der Waals surface area contributed by atoms with Crippen LogP contribution in [-0.4, -0.2) is 86.4 Å². The zero-order valence-corrected chi connectivity index (χ0v) is 16.6. The number of thiazole rings is 1. The van der Waals surface area contributed by atoms with E-state index < -0.39 is 10.0 Å². The Morgan fingerprint density at radius 3 is 2.35 bits per heavy atom. The van der Waals surface area contributed by atoms with Crippen LogP contribution in [0.15, 0.2) is 0 Å². The lowest BCUT2D eigenvalue weighted by molar-refractivity contribution is 0.122. The van der Waals surface area contributed by atoms with Crippen molar-refractivity contribution in [3.63, 3.8) is 0 Å². The van der Waals surface area contributed by atoms with Gasteiger partial charge in [-0.3, -0.25) is 0 Å². The third-order valence-corrected chi connectivity index (χ3v) is 7.06. The topological polar surface area (TPSA) is 91.8 Å². The maximum atomic E-state index is 11.7. The number of hydrogen-bond donors (Lipinski definition) is 0. The molecule has 2 aliphatic rings. The summed E-state index contributed by atoms with van der Waals surface area (Å²) in [7, 11) is -3.15. The van der Waals surface area contributed by atoms with Gasteiger partial charge in [0.2, 0.25) is 15.3 Å². The van der Waals surface area contributed by atoms with Crippen LogP contribution in [0.25, 0.3) is 10.3 Å². The van der Waals surface area contributed by atoms with E-state index in [2.05, 4.69) is 24.8 Å². The summed E-state index contributed by atoms with van der Waals surface area (Å²) >= 11 is 7.63. The lowest BCUT2D eigenvalue weighted by Gasteiger charge is -2.32. The summed E-state index contributed by atoms with van der Waals surface area (Å²) in [6.45, 7) is 4.92. The molecule has 4 rings (SSSR count). The molecule has 2 aromatic rings. The van der Waals surface area contributed by atoms with Gasteiger partial charge in [-0.15, -0.1) is 0 Å². The number of piperazine rings is 1. The van der Waals surface area contributed by atoms with E-state index in [4.69, 9.17) is 16.3 Å². The van der Waals surface area contributed by atoms with E-state index >= 15 is 0 Å². The molecule has 0 atom stereocenters. The molecule has 2 fully saturated rings. The van der Waals surface area contributed by atoms with E-state index in [1.807, 2.05) is 0 Å². The van der Waals surface area contributed by atoms with Crippen molar-refractivity contribution in [1.82, 2.24) is 19.3 Å². The second kappa shape index (κ2) is 7.04. The maximum Gasteiger partial charge on any atom is 0.226 e. The Bertz CT molecular complexity index is 907. The van der Waals surface area contributed by atoms with E-state index in [0.29, 0.717) is 45.0 Å². The third-order valence-electron chi connectivity index (χ3n) is 4.49. The minimum atomic E-state index is -3.15. The molecule has 0 spiro atoms. The number of fused-ring (bicyclic) bond motifs is 1. The molecule has 0 aromatic carbocycles. The number of anilines is 2. The largest absolute Gasteiger partial charge is 0.378 e. The zero-order chi connectivity index (χ0) is 18.3. The van der Waals surface area contributed by atoms with Crippen LogP contribution in [0.5, 0.6) is 0 Å². The van der Waals surface area contributed by atoms with Crippen molar-refractivity contribution in [2.24, 2.45) is 0 Å². The van der Waals surface area contributed by atoms with E-state index in [1.54, 1.807) is 0 Å². The van der Waals surface area contributed by atoms with Gasteiger partial charge in [0.25, 0.3) is 0 Å². The van der Waals surface area contributed by atoms with Crippen molar-refractivity contribution in [3.8, 4) is 0 Å². The molecule has 0 aliphatic carbocycles. The molecule has 0 bridgehead atoms. The fourth-order valence-electron chi connectivity index (χ4n) is 3.11. The van der Waals surface area contributed by atoms with Gasteiger partial charge in [-0.1, -0.05) is 11.3 Å². The predicted octanol–water partition coefficient (Wildman–Crippen LogP) is 0.658. The number of ether oxygens (including phenoxy) is 1. The fraction of sp³-hybridized carbons (Fsp3) is 0.643. The quantitative estimate of drug-likeness (QED) is 0.671. The van der Waals surface area contributed by atoms with Crippen molar-refractivity contribution in [2.45, 2.75) is 0 Å². The summed E-state index contributed by atoms with van der Waals surface area (Å²) in [5.74, 6) is 0.793. The first-order chi connectivity index (χ1) is 12.4. The molecule has 2 saturated heterocycles. The maximum absolute atomic E-state index is 11.7. The molecule has 0 saturated carbocycles. The van der Waals surface area contributed by atoms with Gasteiger partial charge in [-0.25, -0.2) is 8.42 Å². The number of nitrogens with zero attached hydrogens (tertiary/aromatic N) is 6. The first kappa shape index (κ1) is 18.1. The molecule has 2 aromatic heterocycles. The molecule has 9 nitrogen and oxygen atoms in total. The summed E-state index contributed by atoms with van der Waals surface area (Å²) in [4.78, 5) is 17.5. The molecule has 0 N–H and O–H groups in total. The van der Waals surface area contributed by atoms with E-state index in [1.165, 1.54) is 21.9 Å². The highest BCUT2D eigenvalue weighted by Crippen LogP contribution is 2.35. The highest BCUT2D eigenvalue weighted by molar-refractivity contribution is 7.88. The average Bonchev–Trinajstić information content (AvgIpc) is 3.05. The lowest BCUT2D eigenvalue weighted by atomic mass is 10.4. The highest BCUT2D eigenvalue weighted by atomic mass is 35.5. The number of rotatable bonds is 3. The van der Waals surface area contributed by atoms with Gasteiger partial charge in [-0.2, -0.15) is 19.3 Å². The molecule has 2 aliphatic heterocycles. The molecule has 4 heterocycles. The Labute approximate surface area is 160 Å². The van der Waals surface area contributed by atoms with Gasteiger partial charge in [0.15, 0.2) is 16.6 Å². The number of morpholine rings is 1. The molecule has 142 valence electrons. The smallest absolute Gasteiger partial charge is 0.226 e. The summed E-state index contributed by atoms with van der Waals surface area (Å²) in [6.07, 6.45) is 1.24. The van der Waals surface area contributed by atoms with Crippen LogP contribution in [0.3, 0.4) is 0 Å². The van der Waals surface area contributed by atoms with Crippen LogP contribution >= 0.6 is 22.9 Å². The minimum Gasteiger partial charge on any atom is -0.378 e. The molecule has 12 heteroatoms. The molecule has 0 amide bonds. The minimum absolute atomic E-state index is 0.178. The molecular weight excluding hydrogens is 400 g/mol. The van der Waals surface area contributed by atoms with Gasteiger partial charge in [0.1, 0.15) is 4.70 Å².